The Labute approximate surface area is 404 Å². The number of aromatic nitrogens is 1. The maximum Gasteiger partial charge on any atom is 0.256 e. The summed E-state index contributed by atoms with van der Waals surface area (Å²) in [7, 11) is 0. The van der Waals surface area contributed by atoms with E-state index in [1.54, 1.807) is 0 Å². The molecular formula is C65H49BN2O. The highest BCUT2D eigenvalue weighted by atomic mass is 16.5. The molecule has 0 saturated carbocycles. The SMILES string of the molecule is CCCCCc1cc2c3c(c1)N(c1c(-c4ccccc4)cc(-c4ccccc4)cc1-c1ccccc1)c1cc(-n4c5ccccc5c5ccccc54)ccc1B3c1cc(-c3ccccc3)ccc1O2. The molecule has 2 aliphatic rings. The molecule has 0 saturated heterocycles. The van der Waals surface area contributed by atoms with E-state index in [0.29, 0.717) is 0 Å². The molecule has 0 atom stereocenters. The van der Waals surface area contributed by atoms with Crippen molar-refractivity contribution in [3.05, 3.63) is 236 Å². The molecule has 10 aromatic carbocycles. The largest absolute Gasteiger partial charge is 0.458 e. The predicted octanol–water partition coefficient (Wildman–Crippen LogP) is 15.6. The lowest BCUT2D eigenvalue weighted by molar-refractivity contribution is 0.486. The molecule has 328 valence electrons. The van der Waals surface area contributed by atoms with E-state index in [-0.39, 0.29) is 6.71 Å². The van der Waals surface area contributed by atoms with Gasteiger partial charge in [-0.2, -0.15) is 0 Å². The number of ether oxygens (including phenoxy) is 1. The van der Waals surface area contributed by atoms with Gasteiger partial charge in [-0.05, 0) is 123 Å². The quantitative estimate of drug-likeness (QED) is 0.101. The van der Waals surface area contributed by atoms with Gasteiger partial charge in [0.15, 0.2) is 0 Å². The minimum atomic E-state index is -0.0884. The molecule has 2 aliphatic heterocycles. The number of benzene rings is 10. The first-order valence-electron chi connectivity index (χ1n) is 24.5. The minimum Gasteiger partial charge on any atom is -0.458 e. The summed E-state index contributed by atoms with van der Waals surface area (Å²) in [5.74, 6) is 1.85. The van der Waals surface area contributed by atoms with Gasteiger partial charge in [0.25, 0.3) is 6.71 Å². The Morgan fingerprint density at radius 3 is 1.59 bits per heavy atom. The fraction of sp³-hybridized carbons (Fsp3) is 0.0769. The maximum atomic E-state index is 7.22. The molecule has 0 aliphatic carbocycles. The van der Waals surface area contributed by atoms with Crippen molar-refractivity contribution in [2.45, 2.75) is 32.6 Å². The molecule has 11 aromatic rings. The molecular weight excluding hydrogens is 836 g/mol. The van der Waals surface area contributed by atoms with Crippen molar-refractivity contribution >= 4 is 62.0 Å². The van der Waals surface area contributed by atoms with Crippen LogP contribution in [0, 0.1) is 0 Å². The Bertz CT molecular complexity index is 3600. The Morgan fingerprint density at radius 1 is 0.420 bits per heavy atom. The van der Waals surface area contributed by atoms with Crippen molar-refractivity contribution in [3.8, 4) is 61.7 Å². The highest BCUT2D eigenvalue weighted by Gasteiger charge is 2.43. The Morgan fingerprint density at radius 2 is 0.986 bits per heavy atom. The second-order valence-electron chi connectivity index (χ2n) is 18.6. The van der Waals surface area contributed by atoms with Crippen molar-refractivity contribution in [3.63, 3.8) is 0 Å². The van der Waals surface area contributed by atoms with E-state index in [1.807, 2.05) is 0 Å². The van der Waals surface area contributed by atoms with E-state index >= 15 is 0 Å². The number of para-hydroxylation sites is 2. The van der Waals surface area contributed by atoms with Gasteiger partial charge in [-0.3, -0.25) is 0 Å². The van der Waals surface area contributed by atoms with Crippen molar-refractivity contribution in [1.29, 1.82) is 0 Å². The molecule has 69 heavy (non-hydrogen) atoms. The second-order valence-corrected chi connectivity index (χ2v) is 18.6. The topological polar surface area (TPSA) is 17.4 Å². The van der Waals surface area contributed by atoms with Crippen molar-refractivity contribution in [1.82, 2.24) is 4.57 Å². The molecule has 0 spiro atoms. The fourth-order valence-electron chi connectivity index (χ4n) is 11.3. The van der Waals surface area contributed by atoms with E-state index in [4.69, 9.17) is 4.74 Å². The standard InChI is InChI=1S/C65H49BN2O/c1-2-3-8-21-44-38-61-64-63(39-44)69-62-37-34-49(45-22-9-4-10-23-45)42-57(62)66(64)56-36-35-51(67-58-32-19-17-30-52(58)53-31-18-20-33-59(53)67)43-60(56)68(61)65-54(47-26-13-6-14-27-47)40-50(46-24-11-5-12-25-46)41-55(65)48-28-15-7-16-29-48/h4-7,9-20,22-43H,2-3,8,21H2,1H3. The second kappa shape index (κ2) is 17.1. The lowest BCUT2D eigenvalue weighted by Crippen LogP contribution is -2.59. The molecule has 0 N–H and O–H groups in total. The lowest BCUT2D eigenvalue weighted by atomic mass is 9.34. The number of fused-ring (bicyclic) bond motifs is 7. The molecule has 0 fully saturated rings. The number of aryl methyl sites for hydroxylation is 1. The van der Waals surface area contributed by atoms with Gasteiger partial charge in [-0.15, -0.1) is 0 Å². The number of unbranched alkanes of at least 4 members (excludes halogenated alkanes) is 2. The van der Waals surface area contributed by atoms with Crippen LogP contribution in [0.2, 0.25) is 0 Å². The van der Waals surface area contributed by atoms with Gasteiger partial charge >= 0.3 is 0 Å². The zero-order valence-corrected chi connectivity index (χ0v) is 38.6. The summed E-state index contributed by atoms with van der Waals surface area (Å²) in [5, 5.41) is 2.49. The smallest absolute Gasteiger partial charge is 0.256 e. The van der Waals surface area contributed by atoms with E-state index < -0.39 is 0 Å². The summed E-state index contributed by atoms with van der Waals surface area (Å²) in [4.78, 5) is 2.63. The van der Waals surface area contributed by atoms with Crippen LogP contribution in [0.25, 0.3) is 72.0 Å². The van der Waals surface area contributed by atoms with Crippen LogP contribution in [0.5, 0.6) is 11.5 Å². The molecule has 1 aromatic heterocycles. The van der Waals surface area contributed by atoms with Crippen molar-refractivity contribution < 1.29 is 4.74 Å². The number of anilines is 3. The number of hydrogen-bond acceptors (Lipinski definition) is 2. The number of rotatable bonds is 10. The van der Waals surface area contributed by atoms with E-state index in [0.717, 1.165) is 75.8 Å². The third kappa shape index (κ3) is 6.97. The summed E-state index contributed by atoms with van der Waals surface area (Å²) in [5.41, 5.74) is 21.2. The lowest BCUT2D eigenvalue weighted by Gasteiger charge is -2.42. The van der Waals surface area contributed by atoms with Gasteiger partial charge in [-0.25, -0.2) is 0 Å². The molecule has 3 nitrogen and oxygen atoms in total. The molecule has 3 heterocycles. The van der Waals surface area contributed by atoms with Crippen LogP contribution >= 0.6 is 0 Å². The van der Waals surface area contributed by atoms with Crippen LogP contribution in [0.4, 0.5) is 17.1 Å². The Hall–Kier alpha value is -8.34. The van der Waals surface area contributed by atoms with Crippen molar-refractivity contribution in [2.75, 3.05) is 4.90 Å². The number of hydrogen-bond donors (Lipinski definition) is 0. The monoisotopic (exact) mass is 884 g/mol. The van der Waals surface area contributed by atoms with Crippen LogP contribution in [0.15, 0.2) is 231 Å². The predicted molar refractivity (Wildman–Crippen MR) is 292 cm³/mol. The summed E-state index contributed by atoms with van der Waals surface area (Å²) in [6, 6.07) is 85.0. The average Bonchev–Trinajstić information content (AvgIpc) is 3.75. The summed E-state index contributed by atoms with van der Waals surface area (Å²) in [6.07, 6.45) is 4.41. The minimum absolute atomic E-state index is 0.0884. The highest BCUT2D eigenvalue weighted by Crippen LogP contribution is 2.51. The first-order valence-corrected chi connectivity index (χ1v) is 24.5. The highest BCUT2D eigenvalue weighted by molar-refractivity contribution is 6.99. The normalized spacial score (nSPS) is 12.4. The Kier molecular flexibility index (Phi) is 10.1. The van der Waals surface area contributed by atoms with E-state index in [9.17, 15) is 0 Å². The van der Waals surface area contributed by atoms with Gasteiger partial charge in [0.1, 0.15) is 11.5 Å². The van der Waals surface area contributed by atoms with Gasteiger partial charge in [-0.1, -0.05) is 196 Å². The summed E-state index contributed by atoms with van der Waals surface area (Å²) < 4.78 is 9.68. The third-order valence-corrected chi connectivity index (χ3v) is 14.4. The average molecular weight is 885 g/mol. The maximum absolute atomic E-state index is 7.22. The van der Waals surface area contributed by atoms with Crippen LogP contribution in [-0.4, -0.2) is 11.3 Å². The molecule has 13 rings (SSSR count). The first kappa shape index (κ1) is 40.9. The molecule has 4 heteroatoms. The fourth-order valence-corrected chi connectivity index (χ4v) is 11.3. The van der Waals surface area contributed by atoms with Crippen LogP contribution in [0.3, 0.4) is 0 Å². The third-order valence-electron chi connectivity index (χ3n) is 14.4. The zero-order valence-electron chi connectivity index (χ0n) is 38.6. The van der Waals surface area contributed by atoms with Gasteiger partial charge in [0.05, 0.1) is 16.7 Å². The van der Waals surface area contributed by atoms with Crippen molar-refractivity contribution in [2.24, 2.45) is 0 Å². The summed E-state index contributed by atoms with van der Waals surface area (Å²) >= 11 is 0. The summed E-state index contributed by atoms with van der Waals surface area (Å²) in [6.45, 7) is 2.20. The zero-order chi connectivity index (χ0) is 45.8. The molecule has 0 radical (unpaired) electrons. The Balaban J connectivity index is 1.16. The first-order chi connectivity index (χ1) is 34.2. The van der Waals surface area contributed by atoms with Crippen LogP contribution < -0.4 is 26.0 Å². The number of nitrogens with zero attached hydrogens (tertiary/aromatic N) is 2. The molecule has 0 unspecified atom stereocenters. The van der Waals surface area contributed by atoms with Crippen LogP contribution in [0.1, 0.15) is 31.7 Å². The van der Waals surface area contributed by atoms with Gasteiger partial charge in [0.2, 0.25) is 0 Å². The van der Waals surface area contributed by atoms with Gasteiger partial charge in [0, 0.05) is 39.0 Å². The van der Waals surface area contributed by atoms with E-state index in [1.165, 1.54) is 72.4 Å². The molecule has 0 bridgehead atoms. The van der Waals surface area contributed by atoms with Crippen LogP contribution in [-0.2, 0) is 6.42 Å². The van der Waals surface area contributed by atoms with Gasteiger partial charge < -0.3 is 14.2 Å². The molecule has 0 amide bonds. The van der Waals surface area contributed by atoms with E-state index in [2.05, 4.69) is 247 Å².